The van der Waals surface area contributed by atoms with Gasteiger partial charge in [-0.25, -0.2) is 4.98 Å². The molecule has 0 radical (unpaired) electrons. The molecule has 1 aromatic heterocycles. The molecule has 74 valence electrons. The Kier molecular flexibility index (Phi) is 2.20. The van der Waals surface area contributed by atoms with Crippen molar-refractivity contribution in [2.75, 3.05) is 0 Å². The van der Waals surface area contributed by atoms with Gasteiger partial charge in [-0.05, 0) is 16.7 Å². The molecule has 0 fully saturated rings. The second-order valence-corrected chi connectivity index (χ2v) is 3.60. The maximum absolute atomic E-state index is 10.5. The molecule has 0 aliphatic heterocycles. The van der Waals surface area contributed by atoms with Crippen LogP contribution in [0.3, 0.4) is 0 Å². The highest BCUT2D eigenvalue weighted by Gasteiger charge is 2.09. The standard InChI is InChI=1S/C7H3N5O2S/c8-11-10-7-9-5-3-4(12(13)14)1-2-6(5)15-7/h1-3H. The van der Waals surface area contributed by atoms with Crippen molar-refractivity contribution in [3.63, 3.8) is 0 Å². The lowest BCUT2D eigenvalue weighted by Crippen LogP contribution is -1.86. The molecule has 0 bridgehead atoms. The van der Waals surface area contributed by atoms with Crippen molar-refractivity contribution in [2.45, 2.75) is 0 Å². The third kappa shape index (κ3) is 1.71. The van der Waals surface area contributed by atoms with E-state index in [2.05, 4.69) is 15.0 Å². The largest absolute Gasteiger partial charge is 0.271 e. The van der Waals surface area contributed by atoms with Crippen LogP contribution in [0.4, 0.5) is 10.8 Å². The topological polar surface area (TPSA) is 105 Å². The number of nitrogens with zero attached hydrogens (tertiary/aromatic N) is 5. The smallest absolute Gasteiger partial charge is 0.258 e. The van der Waals surface area contributed by atoms with E-state index >= 15 is 0 Å². The fourth-order valence-corrected chi connectivity index (χ4v) is 1.86. The maximum Gasteiger partial charge on any atom is 0.271 e. The minimum atomic E-state index is -0.494. The van der Waals surface area contributed by atoms with Gasteiger partial charge in [-0.3, -0.25) is 10.1 Å². The van der Waals surface area contributed by atoms with Crippen LogP contribution in [0.5, 0.6) is 0 Å². The molecular weight excluding hydrogens is 218 g/mol. The Morgan fingerprint density at radius 2 is 2.40 bits per heavy atom. The number of nitro benzene ring substituents is 1. The molecule has 2 aromatic rings. The van der Waals surface area contributed by atoms with E-state index in [0.717, 1.165) is 4.70 Å². The van der Waals surface area contributed by atoms with E-state index in [1.165, 1.54) is 23.5 Å². The second kappa shape index (κ2) is 3.52. The van der Waals surface area contributed by atoms with Gasteiger partial charge in [-0.2, -0.15) is 0 Å². The van der Waals surface area contributed by atoms with Crippen molar-refractivity contribution in [1.29, 1.82) is 0 Å². The Bertz CT molecular complexity index is 586. The van der Waals surface area contributed by atoms with Crippen molar-refractivity contribution in [3.05, 3.63) is 38.8 Å². The summed E-state index contributed by atoms with van der Waals surface area (Å²) in [5, 5.41) is 14.1. The summed E-state index contributed by atoms with van der Waals surface area (Å²) in [5.74, 6) is 0. The van der Waals surface area contributed by atoms with Gasteiger partial charge in [-0.1, -0.05) is 0 Å². The molecular formula is C7H3N5O2S. The molecule has 15 heavy (non-hydrogen) atoms. The van der Waals surface area contributed by atoms with Gasteiger partial charge in [-0.15, -0.1) is 11.3 Å². The molecule has 7 nitrogen and oxygen atoms in total. The molecule has 0 spiro atoms. The van der Waals surface area contributed by atoms with Crippen LogP contribution in [0, 0.1) is 10.1 Å². The Labute approximate surface area is 86.8 Å². The van der Waals surface area contributed by atoms with Gasteiger partial charge >= 0.3 is 0 Å². The van der Waals surface area contributed by atoms with Crippen LogP contribution in [0.25, 0.3) is 20.7 Å². The fourth-order valence-electron chi connectivity index (χ4n) is 1.10. The Hall–Kier alpha value is -2.18. The van der Waals surface area contributed by atoms with Crippen LogP contribution in [0.2, 0.25) is 0 Å². The van der Waals surface area contributed by atoms with E-state index in [0.29, 0.717) is 5.52 Å². The first-order chi connectivity index (χ1) is 7.20. The lowest BCUT2D eigenvalue weighted by molar-refractivity contribution is -0.384. The number of benzene rings is 1. The number of nitro groups is 1. The molecule has 0 unspecified atom stereocenters. The predicted molar refractivity (Wildman–Crippen MR) is 55.1 cm³/mol. The molecule has 0 aliphatic rings. The van der Waals surface area contributed by atoms with Gasteiger partial charge < -0.3 is 0 Å². The number of aromatic nitrogens is 1. The van der Waals surface area contributed by atoms with Crippen LogP contribution >= 0.6 is 11.3 Å². The highest BCUT2D eigenvalue weighted by Crippen LogP contribution is 2.30. The normalized spacial score (nSPS) is 9.87. The molecule has 0 aliphatic carbocycles. The van der Waals surface area contributed by atoms with Crippen molar-refractivity contribution < 1.29 is 4.92 Å². The van der Waals surface area contributed by atoms with Crippen LogP contribution in [-0.4, -0.2) is 9.91 Å². The lowest BCUT2D eigenvalue weighted by Gasteiger charge is -1.89. The SMILES string of the molecule is [N-]=[N+]=Nc1nc2cc([N+](=O)[O-])ccc2s1. The minimum Gasteiger partial charge on any atom is -0.258 e. The number of rotatable bonds is 2. The average Bonchev–Trinajstić information content (AvgIpc) is 2.59. The number of hydrogen-bond acceptors (Lipinski definition) is 5. The quantitative estimate of drug-likeness (QED) is 0.255. The summed E-state index contributed by atoms with van der Waals surface area (Å²) in [4.78, 5) is 16.5. The van der Waals surface area contributed by atoms with Crippen molar-refractivity contribution in [2.24, 2.45) is 5.11 Å². The Balaban J connectivity index is 2.61. The van der Waals surface area contributed by atoms with Crippen LogP contribution in [0.15, 0.2) is 23.3 Å². The number of non-ortho nitro benzene ring substituents is 1. The molecule has 0 saturated heterocycles. The molecule has 0 atom stereocenters. The zero-order valence-corrected chi connectivity index (χ0v) is 8.01. The maximum atomic E-state index is 10.5. The first kappa shape index (κ1) is 9.38. The van der Waals surface area contributed by atoms with Gasteiger partial charge in [0.2, 0.25) is 0 Å². The van der Waals surface area contributed by atoms with E-state index in [-0.39, 0.29) is 10.8 Å². The lowest BCUT2D eigenvalue weighted by atomic mass is 10.3. The van der Waals surface area contributed by atoms with Crippen molar-refractivity contribution in [3.8, 4) is 0 Å². The zero-order valence-electron chi connectivity index (χ0n) is 7.19. The summed E-state index contributed by atoms with van der Waals surface area (Å²) in [6, 6.07) is 4.32. The second-order valence-electron chi connectivity index (χ2n) is 2.60. The van der Waals surface area contributed by atoms with Crippen LogP contribution in [0.1, 0.15) is 0 Å². The molecule has 1 heterocycles. The van der Waals surface area contributed by atoms with E-state index < -0.39 is 4.92 Å². The van der Waals surface area contributed by atoms with Crippen LogP contribution in [-0.2, 0) is 0 Å². The molecule has 8 heteroatoms. The van der Waals surface area contributed by atoms with Gasteiger partial charge in [0, 0.05) is 17.0 Å². The number of fused-ring (bicyclic) bond motifs is 1. The summed E-state index contributed by atoms with van der Waals surface area (Å²) >= 11 is 1.19. The number of azide groups is 1. The van der Waals surface area contributed by atoms with Gasteiger partial charge in [0.25, 0.3) is 5.69 Å². The van der Waals surface area contributed by atoms with Gasteiger partial charge in [0.1, 0.15) is 0 Å². The van der Waals surface area contributed by atoms with E-state index in [4.69, 9.17) is 5.53 Å². The Morgan fingerprint density at radius 1 is 1.60 bits per heavy atom. The molecule has 2 rings (SSSR count). The highest BCUT2D eigenvalue weighted by molar-refractivity contribution is 7.21. The van der Waals surface area contributed by atoms with Crippen LogP contribution < -0.4 is 0 Å². The minimum absolute atomic E-state index is 0.0275. The predicted octanol–water partition coefficient (Wildman–Crippen LogP) is 3.15. The first-order valence-electron chi connectivity index (χ1n) is 3.81. The molecule has 0 N–H and O–H groups in total. The average molecular weight is 221 g/mol. The summed E-state index contributed by atoms with van der Waals surface area (Å²) in [6.45, 7) is 0. The highest BCUT2D eigenvalue weighted by atomic mass is 32.1. The van der Waals surface area contributed by atoms with E-state index in [9.17, 15) is 10.1 Å². The summed E-state index contributed by atoms with van der Waals surface area (Å²) in [6.07, 6.45) is 0. The van der Waals surface area contributed by atoms with Crippen molar-refractivity contribution >= 4 is 32.4 Å². The number of hydrogen-bond donors (Lipinski definition) is 0. The third-order valence-electron chi connectivity index (χ3n) is 1.70. The summed E-state index contributed by atoms with van der Waals surface area (Å²) < 4.78 is 0.753. The summed E-state index contributed by atoms with van der Waals surface area (Å²) in [5.41, 5.74) is 8.65. The van der Waals surface area contributed by atoms with Crippen molar-refractivity contribution in [1.82, 2.24) is 4.98 Å². The zero-order chi connectivity index (χ0) is 10.8. The molecule has 0 amide bonds. The first-order valence-corrected chi connectivity index (χ1v) is 4.62. The van der Waals surface area contributed by atoms with E-state index in [1.807, 2.05) is 0 Å². The van der Waals surface area contributed by atoms with Gasteiger partial charge in [0.05, 0.1) is 15.1 Å². The Morgan fingerprint density at radius 3 is 3.07 bits per heavy atom. The third-order valence-corrected chi connectivity index (χ3v) is 2.62. The fraction of sp³-hybridized carbons (Fsp3) is 0. The van der Waals surface area contributed by atoms with E-state index in [1.54, 1.807) is 6.07 Å². The molecule has 1 aromatic carbocycles. The summed E-state index contributed by atoms with van der Waals surface area (Å²) in [7, 11) is 0. The molecule has 0 saturated carbocycles. The number of thiazole rings is 1. The van der Waals surface area contributed by atoms with Gasteiger partial charge in [0.15, 0.2) is 5.13 Å². The monoisotopic (exact) mass is 221 g/mol.